The Labute approximate surface area is 176 Å². The second-order valence-electron chi connectivity index (χ2n) is 6.89. The Kier molecular flexibility index (Phi) is 6.99. The van der Waals surface area contributed by atoms with Crippen LogP contribution >= 0.6 is 11.8 Å². The Balaban J connectivity index is 1.63. The minimum absolute atomic E-state index is 0.0336. The number of carbonyl (C=O) groups excluding carboxylic acids is 2. The van der Waals surface area contributed by atoms with Crippen LogP contribution < -0.4 is 5.32 Å². The number of nitrogens with zero attached hydrogens (tertiary/aromatic N) is 2. The largest absolute Gasteiger partial charge is 0.342 e. The highest BCUT2D eigenvalue weighted by atomic mass is 32.2. The normalized spacial score (nSPS) is 10.9. The summed E-state index contributed by atoms with van der Waals surface area (Å²) in [6.45, 7) is 7.77. The molecule has 1 heterocycles. The molecule has 2 amide bonds. The summed E-state index contributed by atoms with van der Waals surface area (Å²) in [7, 11) is 0. The fraction of sp³-hybridized carbons (Fsp3) is 0.304. The van der Waals surface area contributed by atoms with Gasteiger partial charge in [-0.2, -0.15) is 0 Å². The number of aromatic nitrogens is 1. The highest BCUT2D eigenvalue weighted by Gasteiger charge is 2.12. The van der Waals surface area contributed by atoms with Gasteiger partial charge in [-0.25, -0.2) is 0 Å². The molecule has 29 heavy (non-hydrogen) atoms. The van der Waals surface area contributed by atoms with E-state index in [0.717, 1.165) is 21.5 Å². The van der Waals surface area contributed by atoms with E-state index in [1.165, 1.54) is 17.3 Å². The molecule has 152 valence electrons. The Bertz CT molecular complexity index is 1010. The predicted octanol–water partition coefficient (Wildman–Crippen LogP) is 4.55. The summed E-state index contributed by atoms with van der Waals surface area (Å²) in [5.74, 6) is 0.439. The number of hydrogen-bond acceptors (Lipinski definition) is 3. The monoisotopic (exact) mass is 409 g/mol. The van der Waals surface area contributed by atoms with Gasteiger partial charge in [-0.05, 0) is 56.7 Å². The van der Waals surface area contributed by atoms with Crippen LogP contribution in [-0.4, -0.2) is 40.1 Å². The Morgan fingerprint density at radius 2 is 1.83 bits per heavy atom. The molecule has 0 saturated carbocycles. The van der Waals surface area contributed by atoms with Crippen LogP contribution in [0.15, 0.2) is 59.6 Å². The first kappa shape index (κ1) is 21.0. The molecule has 5 nitrogen and oxygen atoms in total. The van der Waals surface area contributed by atoms with Gasteiger partial charge in [0.05, 0.1) is 5.75 Å². The van der Waals surface area contributed by atoms with Gasteiger partial charge >= 0.3 is 0 Å². The smallest absolute Gasteiger partial charge is 0.242 e. The van der Waals surface area contributed by atoms with E-state index in [0.29, 0.717) is 25.4 Å². The van der Waals surface area contributed by atoms with Crippen molar-refractivity contribution in [3.05, 3.63) is 60.3 Å². The van der Waals surface area contributed by atoms with Gasteiger partial charge in [-0.15, -0.1) is 11.8 Å². The molecule has 1 aromatic heterocycles. The van der Waals surface area contributed by atoms with Gasteiger partial charge in [0, 0.05) is 40.8 Å². The third-order valence-corrected chi connectivity index (χ3v) is 6.10. The van der Waals surface area contributed by atoms with E-state index < -0.39 is 0 Å². The third kappa shape index (κ3) is 5.21. The van der Waals surface area contributed by atoms with Gasteiger partial charge in [0.15, 0.2) is 0 Å². The average Bonchev–Trinajstić information content (AvgIpc) is 3.10. The number of nitrogens with one attached hydrogen (secondary N) is 1. The minimum atomic E-state index is -0.0336. The standard InChI is InChI=1S/C23H27N3O2S/c1-4-25(5-2)23(28)15-26-13-12-18-14-19(10-11-20(18)26)24-22(27)16-29-21-9-7-6-8-17(21)3/h6-14H,4-5,15-16H2,1-3H3,(H,24,27). The SMILES string of the molecule is CCN(CC)C(=O)Cn1ccc2cc(NC(=O)CSc3ccccc3C)ccc21. The molecule has 0 atom stereocenters. The number of anilines is 1. The Morgan fingerprint density at radius 1 is 1.07 bits per heavy atom. The van der Waals surface area contributed by atoms with Gasteiger partial charge < -0.3 is 14.8 Å². The van der Waals surface area contributed by atoms with Crippen molar-refractivity contribution in [3.8, 4) is 0 Å². The van der Waals surface area contributed by atoms with E-state index in [2.05, 4.69) is 5.32 Å². The van der Waals surface area contributed by atoms with Gasteiger partial charge in [-0.3, -0.25) is 9.59 Å². The zero-order valence-corrected chi connectivity index (χ0v) is 18.0. The molecule has 0 fully saturated rings. The molecule has 3 rings (SSSR count). The highest BCUT2D eigenvalue weighted by molar-refractivity contribution is 8.00. The summed E-state index contributed by atoms with van der Waals surface area (Å²) in [6.07, 6.45) is 1.92. The number of thioether (sulfide) groups is 1. The second kappa shape index (κ2) is 9.65. The van der Waals surface area contributed by atoms with E-state index >= 15 is 0 Å². The molecular formula is C23H27N3O2S. The van der Waals surface area contributed by atoms with Crippen LogP contribution in [0.5, 0.6) is 0 Å². The number of fused-ring (bicyclic) bond motifs is 1. The Hall–Kier alpha value is -2.73. The maximum Gasteiger partial charge on any atom is 0.242 e. The summed E-state index contributed by atoms with van der Waals surface area (Å²) >= 11 is 1.54. The minimum Gasteiger partial charge on any atom is -0.342 e. The van der Waals surface area contributed by atoms with E-state index in [1.807, 2.05) is 85.0 Å². The van der Waals surface area contributed by atoms with Crippen LogP contribution in [0.4, 0.5) is 5.69 Å². The lowest BCUT2D eigenvalue weighted by Gasteiger charge is -2.19. The molecule has 0 saturated heterocycles. The third-order valence-electron chi connectivity index (χ3n) is 4.93. The summed E-state index contributed by atoms with van der Waals surface area (Å²) < 4.78 is 1.95. The van der Waals surface area contributed by atoms with Crippen molar-refractivity contribution in [2.45, 2.75) is 32.2 Å². The van der Waals surface area contributed by atoms with Crippen LogP contribution in [0.25, 0.3) is 10.9 Å². The molecule has 0 aliphatic carbocycles. The zero-order chi connectivity index (χ0) is 20.8. The molecule has 1 N–H and O–H groups in total. The lowest BCUT2D eigenvalue weighted by Crippen LogP contribution is -2.33. The van der Waals surface area contributed by atoms with Gasteiger partial charge in [-0.1, -0.05) is 18.2 Å². The molecule has 0 radical (unpaired) electrons. The van der Waals surface area contributed by atoms with Crippen LogP contribution in [0.3, 0.4) is 0 Å². The van der Waals surface area contributed by atoms with Crippen LogP contribution in [0.1, 0.15) is 19.4 Å². The number of carbonyl (C=O) groups is 2. The molecule has 0 unspecified atom stereocenters. The number of aryl methyl sites for hydroxylation is 1. The van der Waals surface area contributed by atoms with Crippen molar-refractivity contribution < 1.29 is 9.59 Å². The molecule has 0 bridgehead atoms. The Morgan fingerprint density at radius 3 is 2.55 bits per heavy atom. The summed E-state index contributed by atoms with van der Waals surface area (Å²) in [4.78, 5) is 27.7. The first-order valence-corrected chi connectivity index (χ1v) is 10.8. The molecule has 6 heteroatoms. The van der Waals surface area contributed by atoms with Gasteiger partial charge in [0.25, 0.3) is 0 Å². The second-order valence-corrected chi connectivity index (χ2v) is 7.90. The molecule has 0 spiro atoms. The van der Waals surface area contributed by atoms with E-state index in [9.17, 15) is 9.59 Å². The molecule has 3 aromatic rings. The van der Waals surface area contributed by atoms with E-state index in [-0.39, 0.29) is 11.8 Å². The maximum atomic E-state index is 12.4. The van der Waals surface area contributed by atoms with Crippen molar-refractivity contribution in [1.29, 1.82) is 0 Å². The van der Waals surface area contributed by atoms with Gasteiger partial charge in [0.1, 0.15) is 6.54 Å². The number of benzene rings is 2. The van der Waals surface area contributed by atoms with Crippen molar-refractivity contribution in [2.75, 3.05) is 24.2 Å². The average molecular weight is 410 g/mol. The van der Waals surface area contributed by atoms with Crippen molar-refractivity contribution in [3.63, 3.8) is 0 Å². The predicted molar refractivity (Wildman–Crippen MR) is 120 cm³/mol. The molecular weight excluding hydrogens is 382 g/mol. The topological polar surface area (TPSA) is 54.3 Å². The lowest BCUT2D eigenvalue weighted by molar-refractivity contribution is -0.131. The number of amides is 2. The van der Waals surface area contributed by atoms with E-state index in [4.69, 9.17) is 0 Å². The number of hydrogen-bond donors (Lipinski definition) is 1. The zero-order valence-electron chi connectivity index (χ0n) is 17.1. The lowest BCUT2D eigenvalue weighted by atomic mass is 10.2. The first-order chi connectivity index (χ1) is 14.0. The fourth-order valence-electron chi connectivity index (χ4n) is 3.30. The van der Waals surface area contributed by atoms with Crippen molar-refractivity contribution in [1.82, 2.24) is 9.47 Å². The van der Waals surface area contributed by atoms with Crippen LogP contribution in [0.2, 0.25) is 0 Å². The summed E-state index contributed by atoms with van der Waals surface area (Å²) in [5, 5.41) is 3.97. The molecule has 2 aromatic carbocycles. The first-order valence-electron chi connectivity index (χ1n) is 9.86. The van der Waals surface area contributed by atoms with Crippen LogP contribution in [-0.2, 0) is 16.1 Å². The fourth-order valence-corrected chi connectivity index (χ4v) is 4.13. The summed E-state index contributed by atoms with van der Waals surface area (Å²) in [5.41, 5.74) is 2.92. The number of rotatable bonds is 8. The quantitative estimate of drug-likeness (QED) is 0.556. The van der Waals surface area contributed by atoms with E-state index in [1.54, 1.807) is 0 Å². The van der Waals surface area contributed by atoms with Gasteiger partial charge in [0.2, 0.25) is 11.8 Å². The van der Waals surface area contributed by atoms with Crippen LogP contribution in [0, 0.1) is 6.92 Å². The highest BCUT2D eigenvalue weighted by Crippen LogP contribution is 2.23. The maximum absolute atomic E-state index is 12.4. The number of likely N-dealkylation sites (N-methyl/N-ethyl adjacent to an activating group) is 1. The molecule has 0 aliphatic rings. The molecule has 0 aliphatic heterocycles. The summed E-state index contributed by atoms with van der Waals surface area (Å²) in [6, 6.07) is 15.8. The van der Waals surface area contributed by atoms with Crippen molar-refractivity contribution >= 4 is 40.2 Å². The van der Waals surface area contributed by atoms with Crippen molar-refractivity contribution in [2.24, 2.45) is 0 Å².